The largest absolute Gasteiger partial charge is 0.352 e. The van der Waals surface area contributed by atoms with Gasteiger partial charge in [-0.2, -0.15) is 5.26 Å². The van der Waals surface area contributed by atoms with Crippen molar-refractivity contribution >= 4 is 5.91 Å². The smallest absolute Gasteiger partial charge is 0.237 e. The van der Waals surface area contributed by atoms with Crippen molar-refractivity contribution < 1.29 is 4.79 Å². The minimum absolute atomic E-state index is 0.0280. The molecule has 0 spiro atoms. The van der Waals surface area contributed by atoms with E-state index in [0.29, 0.717) is 6.04 Å². The van der Waals surface area contributed by atoms with Crippen molar-refractivity contribution in [1.82, 2.24) is 15.1 Å². The standard InChI is InChI=1S/C15H26N4O/c1-12(11-16)18-7-9-19(10-8-18)13(2)15(20)17-14-5-3-4-6-14/h12-14H,3-10H2,1-2H3,(H,17,20). The van der Waals surface area contributed by atoms with Crippen LogP contribution in [0.5, 0.6) is 0 Å². The number of nitrogens with one attached hydrogen (secondary N) is 1. The molecule has 112 valence electrons. The van der Waals surface area contributed by atoms with Gasteiger partial charge in [0.1, 0.15) is 0 Å². The Kier molecular flexibility index (Phi) is 5.38. The van der Waals surface area contributed by atoms with Crippen molar-refractivity contribution in [1.29, 1.82) is 5.26 Å². The monoisotopic (exact) mass is 278 g/mol. The average molecular weight is 278 g/mol. The van der Waals surface area contributed by atoms with Crippen LogP contribution in [0.2, 0.25) is 0 Å². The SMILES string of the molecule is CC(C#N)N1CCN(C(C)C(=O)NC2CCCC2)CC1. The number of piperazine rings is 1. The zero-order chi connectivity index (χ0) is 14.5. The second kappa shape index (κ2) is 7.05. The van der Waals surface area contributed by atoms with Crippen molar-refractivity contribution in [2.75, 3.05) is 26.2 Å². The second-order valence-corrected chi connectivity index (χ2v) is 6.04. The summed E-state index contributed by atoms with van der Waals surface area (Å²) in [5, 5.41) is 12.1. The summed E-state index contributed by atoms with van der Waals surface area (Å²) in [6, 6.07) is 2.58. The Bertz CT molecular complexity index is 365. The fraction of sp³-hybridized carbons (Fsp3) is 0.867. The van der Waals surface area contributed by atoms with Crippen LogP contribution >= 0.6 is 0 Å². The summed E-state index contributed by atoms with van der Waals surface area (Å²) in [4.78, 5) is 16.7. The minimum Gasteiger partial charge on any atom is -0.352 e. The number of carbonyl (C=O) groups is 1. The fourth-order valence-corrected chi connectivity index (χ4v) is 3.15. The van der Waals surface area contributed by atoms with Crippen LogP contribution in [0.15, 0.2) is 0 Å². The lowest BCUT2D eigenvalue weighted by Gasteiger charge is -2.38. The van der Waals surface area contributed by atoms with E-state index in [2.05, 4.69) is 21.2 Å². The zero-order valence-corrected chi connectivity index (χ0v) is 12.6. The van der Waals surface area contributed by atoms with Crippen LogP contribution in [-0.4, -0.2) is 60.0 Å². The number of amides is 1. The Morgan fingerprint density at radius 3 is 2.25 bits per heavy atom. The summed E-state index contributed by atoms with van der Waals surface area (Å²) in [5.41, 5.74) is 0. The maximum Gasteiger partial charge on any atom is 0.237 e. The molecule has 1 N–H and O–H groups in total. The topological polar surface area (TPSA) is 59.4 Å². The molecule has 20 heavy (non-hydrogen) atoms. The molecule has 1 saturated carbocycles. The minimum atomic E-state index is -0.0601. The molecule has 2 unspecified atom stereocenters. The van der Waals surface area contributed by atoms with Gasteiger partial charge in [-0.05, 0) is 26.7 Å². The third kappa shape index (κ3) is 3.71. The van der Waals surface area contributed by atoms with Crippen LogP contribution in [-0.2, 0) is 4.79 Å². The maximum absolute atomic E-state index is 12.3. The molecule has 0 radical (unpaired) electrons. The van der Waals surface area contributed by atoms with Crippen LogP contribution in [0.3, 0.4) is 0 Å². The highest BCUT2D eigenvalue weighted by atomic mass is 16.2. The Morgan fingerprint density at radius 2 is 1.70 bits per heavy atom. The molecule has 1 heterocycles. The van der Waals surface area contributed by atoms with Crippen LogP contribution in [0, 0.1) is 11.3 Å². The number of hydrogen-bond acceptors (Lipinski definition) is 4. The predicted molar refractivity (Wildman–Crippen MR) is 78.1 cm³/mol. The van der Waals surface area contributed by atoms with Crippen molar-refractivity contribution in [3.8, 4) is 6.07 Å². The van der Waals surface area contributed by atoms with Gasteiger partial charge in [0, 0.05) is 32.2 Å². The van der Waals surface area contributed by atoms with Gasteiger partial charge in [0.15, 0.2) is 0 Å². The second-order valence-electron chi connectivity index (χ2n) is 6.04. The number of nitrogens with zero attached hydrogens (tertiary/aromatic N) is 3. The summed E-state index contributed by atoms with van der Waals surface area (Å²) in [6.07, 6.45) is 4.74. The van der Waals surface area contributed by atoms with Crippen LogP contribution < -0.4 is 5.32 Å². The van der Waals surface area contributed by atoms with E-state index in [1.165, 1.54) is 12.8 Å². The normalized spacial score (nSPS) is 25.1. The lowest BCUT2D eigenvalue weighted by Crippen LogP contribution is -2.56. The predicted octanol–water partition coefficient (Wildman–Crippen LogP) is 0.963. The Labute approximate surface area is 121 Å². The van der Waals surface area contributed by atoms with Gasteiger partial charge in [-0.3, -0.25) is 14.6 Å². The van der Waals surface area contributed by atoms with Crippen LogP contribution in [0.4, 0.5) is 0 Å². The Morgan fingerprint density at radius 1 is 1.15 bits per heavy atom. The molecular weight excluding hydrogens is 252 g/mol. The van der Waals surface area contributed by atoms with Gasteiger partial charge in [0.05, 0.1) is 18.2 Å². The molecule has 1 aliphatic carbocycles. The molecular formula is C15H26N4O. The molecule has 1 aliphatic heterocycles. The van der Waals surface area contributed by atoms with Crippen LogP contribution in [0.25, 0.3) is 0 Å². The lowest BCUT2D eigenvalue weighted by molar-refractivity contribution is -0.127. The Balaban J connectivity index is 1.77. The van der Waals surface area contributed by atoms with E-state index in [9.17, 15) is 4.79 Å². The fourth-order valence-electron chi connectivity index (χ4n) is 3.15. The van der Waals surface area contributed by atoms with E-state index in [1.54, 1.807) is 0 Å². The van der Waals surface area contributed by atoms with E-state index in [-0.39, 0.29) is 18.0 Å². The summed E-state index contributed by atoms with van der Waals surface area (Å²) in [7, 11) is 0. The highest BCUT2D eigenvalue weighted by Crippen LogP contribution is 2.18. The molecule has 5 heteroatoms. The first-order valence-electron chi connectivity index (χ1n) is 7.80. The molecule has 0 aromatic carbocycles. The number of nitriles is 1. The summed E-state index contributed by atoms with van der Waals surface area (Å²) >= 11 is 0. The first kappa shape index (κ1) is 15.3. The molecule has 2 aliphatic rings. The molecule has 5 nitrogen and oxygen atoms in total. The summed E-state index contributed by atoms with van der Waals surface area (Å²) < 4.78 is 0. The van der Waals surface area contributed by atoms with E-state index in [0.717, 1.165) is 39.0 Å². The highest BCUT2D eigenvalue weighted by Gasteiger charge is 2.28. The van der Waals surface area contributed by atoms with Gasteiger partial charge in [-0.15, -0.1) is 0 Å². The molecule has 1 saturated heterocycles. The van der Waals surface area contributed by atoms with Crippen LogP contribution in [0.1, 0.15) is 39.5 Å². The third-order valence-electron chi connectivity index (χ3n) is 4.71. The zero-order valence-electron chi connectivity index (χ0n) is 12.6. The number of rotatable bonds is 4. The molecule has 2 atom stereocenters. The van der Waals surface area contributed by atoms with Gasteiger partial charge in [-0.1, -0.05) is 12.8 Å². The average Bonchev–Trinajstić information content (AvgIpc) is 2.98. The van der Waals surface area contributed by atoms with E-state index in [1.807, 2.05) is 13.8 Å². The van der Waals surface area contributed by atoms with Gasteiger partial charge in [0.25, 0.3) is 0 Å². The van der Waals surface area contributed by atoms with Gasteiger partial charge >= 0.3 is 0 Å². The highest BCUT2D eigenvalue weighted by molar-refractivity contribution is 5.81. The first-order valence-corrected chi connectivity index (χ1v) is 7.80. The third-order valence-corrected chi connectivity index (χ3v) is 4.71. The molecule has 1 amide bonds. The van der Waals surface area contributed by atoms with Crippen molar-refractivity contribution in [3.05, 3.63) is 0 Å². The molecule has 2 fully saturated rings. The van der Waals surface area contributed by atoms with E-state index >= 15 is 0 Å². The summed E-state index contributed by atoms with van der Waals surface area (Å²) in [6.45, 7) is 7.40. The van der Waals surface area contributed by atoms with Gasteiger partial charge < -0.3 is 5.32 Å². The van der Waals surface area contributed by atoms with Gasteiger partial charge in [0.2, 0.25) is 5.91 Å². The van der Waals surface area contributed by atoms with E-state index in [4.69, 9.17) is 5.26 Å². The van der Waals surface area contributed by atoms with Gasteiger partial charge in [-0.25, -0.2) is 0 Å². The quantitative estimate of drug-likeness (QED) is 0.832. The maximum atomic E-state index is 12.3. The Hall–Kier alpha value is -1.12. The van der Waals surface area contributed by atoms with E-state index < -0.39 is 0 Å². The number of hydrogen-bond donors (Lipinski definition) is 1. The molecule has 0 bridgehead atoms. The molecule has 0 aromatic heterocycles. The first-order chi connectivity index (χ1) is 9.61. The lowest BCUT2D eigenvalue weighted by atomic mass is 10.1. The summed E-state index contributed by atoms with van der Waals surface area (Å²) in [5.74, 6) is 0.165. The van der Waals surface area contributed by atoms with Crippen molar-refractivity contribution in [2.45, 2.75) is 57.7 Å². The van der Waals surface area contributed by atoms with Crippen molar-refractivity contribution in [2.24, 2.45) is 0 Å². The van der Waals surface area contributed by atoms with Crippen molar-refractivity contribution in [3.63, 3.8) is 0 Å². The molecule has 2 rings (SSSR count). The molecule has 0 aromatic rings. The number of carbonyl (C=O) groups excluding carboxylic acids is 1.